The molecule has 0 saturated heterocycles. The van der Waals surface area contributed by atoms with Crippen molar-refractivity contribution < 1.29 is 23.8 Å². The SMILES string of the molecule is COc1ccc(NC(=O)/C(C#N)=C/c2ccc(-c3ccc(Cl)c([N+](=O)[O-])c3)o2)c([N+](=O)[O-])c1. The Bertz CT molecular complexity index is 1340. The Labute approximate surface area is 190 Å². The first-order valence-electron chi connectivity index (χ1n) is 9.03. The van der Waals surface area contributed by atoms with Crippen LogP contribution in [0.25, 0.3) is 17.4 Å². The molecule has 12 heteroatoms. The average molecular weight is 469 g/mol. The van der Waals surface area contributed by atoms with Gasteiger partial charge in [0, 0.05) is 17.7 Å². The van der Waals surface area contributed by atoms with Crippen molar-refractivity contribution in [3.8, 4) is 23.1 Å². The third-order valence-electron chi connectivity index (χ3n) is 4.36. The number of anilines is 1. The summed E-state index contributed by atoms with van der Waals surface area (Å²) in [4.78, 5) is 33.5. The molecule has 0 radical (unpaired) electrons. The van der Waals surface area contributed by atoms with Gasteiger partial charge in [-0.15, -0.1) is 0 Å². The Morgan fingerprint density at radius 1 is 1.12 bits per heavy atom. The van der Waals surface area contributed by atoms with Gasteiger partial charge in [-0.3, -0.25) is 25.0 Å². The first kappa shape index (κ1) is 23.0. The number of furan rings is 1. The lowest BCUT2D eigenvalue weighted by Gasteiger charge is -2.07. The first-order chi connectivity index (χ1) is 15.7. The summed E-state index contributed by atoms with van der Waals surface area (Å²) in [5, 5.41) is 34.0. The molecule has 1 heterocycles. The number of nitro benzene ring substituents is 2. The van der Waals surface area contributed by atoms with Crippen molar-refractivity contribution in [1.82, 2.24) is 0 Å². The van der Waals surface area contributed by atoms with Gasteiger partial charge in [0.25, 0.3) is 17.3 Å². The topological polar surface area (TPSA) is 162 Å². The lowest BCUT2D eigenvalue weighted by Crippen LogP contribution is -2.14. The molecule has 0 aliphatic rings. The summed E-state index contributed by atoms with van der Waals surface area (Å²) < 4.78 is 10.5. The quantitative estimate of drug-likeness (QED) is 0.220. The summed E-state index contributed by atoms with van der Waals surface area (Å²) in [7, 11) is 1.34. The van der Waals surface area contributed by atoms with Gasteiger partial charge in [0.2, 0.25) is 0 Å². The number of carbonyl (C=O) groups is 1. The number of ether oxygens (including phenoxy) is 1. The zero-order chi connectivity index (χ0) is 24.1. The van der Waals surface area contributed by atoms with Crippen molar-refractivity contribution in [2.45, 2.75) is 0 Å². The summed E-state index contributed by atoms with van der Waals surface area (Å²) in [6, 6.07) is 12.6. The van der Waals surface area contributed by atoms with E-state index in [1.807, 2.05) is 0 Å². The molecule has 1 amide bonds. The Hall–Kier alpha value is -4.69. The molecule has 1 N–H and O–H groups in total. The van der Waals surface area contributed by atoms with Crippen LogP contribution in [0.5, 0.6) is 5.75 Å². The summed E-state index contributed by atoms with van der Waals surface area (Å²) in [6.07, 6.45) is 1.14. The monoisotopic (exact) mass is 468 g/mol. The highest BCUT2D eigenvalue weighted by atomic mass is 35.5. The van der Waals surface area contributed by atoms with Gasteiger partial charge < -0.3 is 14.5 Å². The molecule has 11 nitrogen and oxygen atoms in total. The fraction of sp³-hybridized carbons (Fsp3) is 0.0476. The number of nitrogens with zero attached hydrogens (tertiary/aromatic N) is 3. The molecule has 33 heavy (non-hydrogen) atoms. The second-order valence-electron chi connectivity index (χ2n) is 6.39. The number of methoxy groups -OCH3 is 1. The Morgan fingerprint density at radius 3 is 2.48 bits per heavy atom. The molecular weight excluding hydrogens is 456 g/mol. The van der Waals surface area contributed by atoms with Gasteiger partial charge in [0.15, 0.2) is 0 Å². The van der Waals surface area contributed by atoms with Crippen molar-refractivity contribution in [1.29, 1.82) is 5.26 Å². The van der Waals surface area contributed by atoms with Crippen LogP contribution in [0, 0.1) is 31.6 Å². The van der Waals surface area contributed by atoms with Crippen LogP contribution in [0.4, 0.5) is 17.1 Å². The second-order valence-corrected chi connectivity index (χ2v) is 6.80. The first-order valence-corrected chi connectivity index (χ1v) is 9.41. The van der Waals surface area contributed by atoms with E-state index in [2.05, 4.69) is 5.32 Å². The van der Waals surface area contributed by atoms with E-state index in [-0.39, 0.29) is 39.2 Å². The van der Waals surface area contributed by atoms with E-state index < -0.39 is 21.4 Å². The number of halogens is 1. The molecule has 0 spiro atoms. The lowest BCUT2D eigenvalue weighted by atomic mass is 10.1. The number of carbonyl (C=O) groups excluding carboxylic acids is 1. The van der Waals surface area contributed by atoms with Gasteiger partial charge >= 0.3 is 0 Å². The standard InChI is InChI=1S/C21H13ClN4O7/c1-32-14-3-6-17(19(10-14)26(30)31)24-21(27)13(11-23)8-15-4-7-20(33-15)12-2-5-16(22)18(9-12)25(28)29/h2-10H,1H3,(H,24,27)/b13-8+. The molecular formula is C21H13ClN4O7. The molecule has 2 aromatic carbocycles. The maximum atomic E-state index is 12.5. The largest absolute Gasteiger partial charge is 0.496 e. The Morgan fingerprint density at radius 2 is 1.85 bits per heavy atom. The molecule has 1 aromatic heterocycles. The molecule has 0 atom stereocenters. The number of hydrogen-bond donors (Lipinski definition) is 1. The van der Waals surface area contributed by atoms with Crippen LogP contribution in [-0.4, -0.2) is 22.9 Å². The van der Waals surface area contributed by atoms with Crippen molar-refractivity contribution in [2.24, 2.45) is 0 Å². The molecule has 0 saturated carbocycles. The molecule has 3 rings (SSSR count). The average Bonchev–Trinajstić information content (AvgIpc) is 3.26. The van der Waals surface area contributed by atoms with E-state index in [1.165, 1.54) is 49.6 Å². The molecule has 0 aliphatic heterocycles. The van der Waals surface area contributed by atoms with Gasteiger partial charge in [0.05, 0.1) is 23.0 Å². The number of rotatable bonds is 7. The van der Waals surface area contributed by atoms with Gasteiger partial charge in [-0.25, -0.2) is 0 Å². The smallest absolute Gasteiger partial charge is 0.296 e. The lowest BCUT2D eigenvalue weighted by molar-refractivity contribution is -0.384. The van der Waals surface area contributed by atoms with Crippen LogP contribution in [0.2, 0.25) is 5.02 Å². The summed E-state index contributed by atoms with van der Waals surface area (Å²) in [5.41, 5.74) is -0.864. The summed E-state index contributed by atoms with van der Waals surface area (Å²) >= 11 is 5.81. The van der Waals surface area contributed by atoms with Crippen LogP contribution in [0.15, 0.2) is 58.5 Å². The van der Waals surface area contributed by atoms with Crippen LogP contribution >= 0.6 is 11.6 Å². The number of nitro groups is 2. The highest BCUT2D eigenvalue weighted by Gasteiger charge is 2.20. The number of nitrogens with one attached hydrogen (secondary N) is 1. The predicted molar refractivity (Wildman–Crippen MR) is 118 cm³/mol. The molecule has 166 valence electrons. The molecule has 0 aliphatic carbocycles. The zero-order valence-corrected chi connectivity index (χ0v) is 17.5. The molecule has 0 bridgehead atoms. The van der Waals surface area contributed by atoms with Gasteiger partial charge in [-0.1, -0.05) is 11.6 Å². The number of amides is 1. The predicted octanol–water partition coefficient (Wildman–Crippen LogP) is 4.97. The van der Waals surface area contributed by atoms with E-state index in [1.54, 1.807) is 6.07 Å². The summed E-state index contributed by atoms with van der Waals surface area (Å²) in [5.74, 6) is -0.324. The van der Waals surface area contributed by atoms with Crippen molar-refractivity contribution in [3.05, 3.63) is 85.1 Å². The normalized spacial score (nSPS) is 10.9. The van der Waals surface area contributed by atoms with Crippen LogP contribution in [-0.2, 0) is 4.79 Å². The molecule has 0 fully saturated rings. The van der Waals surface area contributed by atoms with E-state index in [0.717, 1.165) is 12.1 Å². The maximum absolute atomic E-state index is 12.5. The Kier molecular flexibility index (Phi) is 6.71. The van der Waals surface area contributed by atoms with E-state index in [0.29, 0.717) is 5.56 Å². The van der Waals surface area contributed by atoms with Crippen molar-refractivity contribution >= 4 is 40.6 Å². The van der Waals surface area contributed by atoms with Gasteiger partial charge in [-0.05, 0) is 36.4 Å². The highest BCUT2D eigenvalue weighted by Crippen LogP contribution is 2.32. The van der Waals surface area contributed by atoms with Gasteiger partial charge in [0.1, 0.15) is 39.6 Å². The Balaban J connectivity index is 1.87. The summed E-state index contributed by atoms with van der Waals surface area (Å²) in [6.45, 7) is 0. The molecule has 3 aromatic rings. The zero-order valence-electron chi connectivity index (χ0n) is 16.8. The van der Waals surface area contributed by atoms with Crippen LogP contribution in [0.1, 0.15) is 5.76 Å². The number of hydrogen-bond acceptors (Lipinski definition) is 8. The fourth-order valence-electron chi connectivity index (χ4n) is 2.77. The second kappa shape index (κ2) is 9.63. The van der Waals surface area contributed by atoms with Crippen molar-refractivity contribution in [2.75, 3.05) is 12.4 Å². The van der Waals surface area contributed by atoms with Crippen molar-refractivity contribution in [3.63, 3.8) is 0 Å². The minimum atomic E-state index is -0.897. The third kappa shape index (κ3) is 5.15. The van der Waals surface area contributed by atoms with Crippen LogP contribution in [0.3, 0.4) is 0 Å². The highest BCUT2D eigenvalue weighted by molar-refractivity contribution is 6.32. The van der Waals surface area contributed by atoms with Gasteiger partial charge in [-0.2, -0.15) is 5.26 Å². The van der Waals surface area contributed by atoms with E-state index in [9.17, 15) is 30.3 Å². The number of nitriles is 1. The maximum Gasteiger partial charge on any atom is 0.296 e. The van der Waals surface area contributed by atoms with Crippen LogP contribution < -0.4 is 10.1 Å². The minimum Gasteiger partial charge on any atom is -0.496 e. The fourth-order valence-corrected chi connectivity index (χ4v) is 2.95. The number of benzene rings is 2. The van der Waals surface area contributed by atoms with E-state index >= 15 is 0 Å². The molecule has 0 unspecified atom stereocenters. The third-order valence-corrected chi connectivity index (χ3v) is 4.68. The minimum absolute atomic E-state index is 0.0357. The van der Waals surface area contributed by atoms with E-state index in [4.69, 9.17) is 20.8 Å².